The molecular weight excluding hydrogens is 408 g/mol. The van der Waals surface area contributed by atoms with E-state index in [1.165, 1.54) is 38.5 Å². The van der Waals surface area contributed by atoms with Gasteiger partial charge in [0.2, 0.25) is 0 Å². The molecule has 0 aliphatic carbocycles. The van der Waals surface area contributed by atoms with Crippen LogP contribution in [0.1, 0.15) is 71.1 Å². The molecule has 2 fully saturated rings. The number of hydrogen-bond donors (Lipinski definition) is 5. The average molecular weight is 451 g/mol. The third-order valence-corrected chi connectivity index (χ3v) is 6.00. The second-order valence-corrected chi connectivity index (χ2v) is 8.64. The molecule has 8 atom stereocenters. The molecule has 0 aromatic rings. The Labute approximate surface area is 185 Å². The van der Waals surface area contributed by atoms with Gasteiger partial charge >= 0.3 is 0 Å². The first-order valence-electron chi connectivity index (χ1n) is 11.8. The third-order valence-electron chi connectivity index (χ3n) is 6.00. The van der Waals surface area contributed by atoms with Crippen LogP contribution in [0.3, 0.4) is 0 Å². The second kappa shape index (κ2) is 14.7. The van der Waals surface area contributed by atoms with Gasteiger partial charge in [0.15, 0.2) is 12.6 Å². The summed E-state index contributed by atoms with van der Waals surface area (Å²) >= 11 is 0. The molecule has 0 saturated carbocycles. The van der Waals surface area contributed by atoms with E-state index in [0.29, 0.717) is 6.61 Å². The zero-order valence-electron chi connectivity index (χ0n) is 18.7. The molecule has 184 valence electrons. The molecule has 2 aliphatic heterocycles. The Morgan fingerprint density at radius 2 is 1.29 bits per heavy atom. The van der Waals surface area contributed by atoms with Gasteiger partial charge in [0.25, 0.3) is 0 Å². The lowest BCUT2D eigenvalue weighted by molar-refractivity contribution is -0.328. The Morgan fingerprint density at radius 1 is 0.710 bits per heavy atom. The summed E-state index contributed by atoms with van der Waals surface area (Å²) in [5.41, 5.74) is 0. The highest BCUT2D eigenvalue weighted by Crippen LogP contribution is 2.29. The van der Waals surface area contributed by atoms with E-state index >= 15 is 0 Å². The SMILES string of the molecule is CCCCCCCCCCOC1OC(CO)C(OC2OC(CO)C(O)C[C@@H]2O)C[C@@H]1O. The smallest absolute Gasteiger partial charge is 0.184 e. The molecule has 0 bridgehead atoms. The van der Waals surface area contributed by atoms with E-state index in [-0.39, 0.29) is 19.4 Å². The number of rotatable bonds is 14. The predicted molar refractivity (Wildman–Crippen MR) is 112 cm³/mol. The maximum absolute atomic E-state index is 10.4. The Morgan fingerprint density at radius 3 is 1.94 bits per heavy atom. The van der Waals surface area contributed by atoms with Crippen molar-refractivity contribution in [1.82, 2.24) is 0 Å². The number of aliphatic hydroxyl groups excluding tert-OH is 5. The molecule has 0 aromatic heterocycles. The van der Waals surface area contributed by atoms with Crippen molar-refractivity contribution in [2.24, 2.45) is 0 Å². The van der Waals surface area contributed by atoms with Crippen LogP contribution in [0, 0.1) is 0 Å². The van der Waals surface area contributed by atoms with Gasteiger partial charge in [-0.1, -0.05) is 51.9 Å². The molecule has 2 heterocycles. The maximum atomic E-state index is 10.4. The minimum atomic E-state index is -1.09. The van der Waals surface area contributed by atoms with Crippen LogP contribution in [-0.2, 0) is 18.9 Å². The molecule has 6 unspecified atom stereocenters. The maximum Gasteiger partial charge on any atom is 0.184 e. The molecule has 0 spiro atoms. The molecule has 2 rings (SSSR count). The fourth-order valence-electron chi connectivity index (χ4n) is 4.06. The summed E-state index contributed by atoms with van der Waals surface area (Å²) in [6.45, 7) is 1.93. The highest BCUT2D eigenvalue weighted by atomic mass is 16.7. The van der Waals surface area contributed by atoms with Crippen molar-refractivity contribution in [3.8, 4) is 0 Å². The number of aliphatic hydroxyl groups is 5. The van der Waals surface area contributed by atoms with Gasteiger partial charge in [-0.3, -0.25) is 0 Å². The zero-order chi connectivity index (χ0) is 22.6. The largest absolute Gasteiger partial charge is 0.394 e. The van der Waals surface area contributed by atoms with Gasteiger partial charge < -0.3 is 44.5 Å². The minimum Gasteiger partial charge on any atom is -0.394 e. The molecule has 5 N–H and O–H groups in total. The highest BCUT2D eigenvalue weighted by Gasteiger charge is 2.43. The summed E-state index contributed by atoms with van der Waals surface area (Å²) in [5.74, 6) is 0. The van der Waals surface area contributed by atoms with Crippen molar-refractivity contribution in [3.63, 3.8) is 0 Å². The Kier molecular flexibility index (Phi) is 12.8. The Bertz CT molecular complexity index is 466. The lowest BCUT2D eigenvalue weighted by Gasteiger charge is -2.42. The van der Waals surface area contributed by atoms with Crippen molar-refractivity contribution < 1.29 is 44.5 Å². The first-order valence-corrected chi connectivity index (χ1v) is 11.8. The van der Waals surface area contributed by atoms with Crippen LogP contribution in [0.2, 0.25) is 0 Å². The van der Waals surface area contributed by atoms with Crippen LogP contribution in [0.15, 0.2) is 0 Å². The number of unbranched alkanes of at least 4 members (excludes halogenated alkanes) is 7. The van der Waals surface area contributed by atoms with Crippen LogP contribution >= 0.6 is 0 Å². The minimum absolute atomic E-state index is 0.000154. The summed E-state index contributed by atoms with van der Waals surface area (Å²) in [6.07, 6.45) is 2.33. The molecule has 0 amide bonds. The number of ether oxygens (including phenoxy) is 4. The van der Waals surface area contributed by atoms with E-state index in [1.54, 1.807) is 0 Å². The van der Waals surface area contributed by atoms with Gasteiger partial charge in [-0.25, -0.2) is 0 Å². The first-order chi connectivity index (χ1) is 15.0. The molecular formula is C22H42O9. The molecule has 2 aliphatic rings. The van der Waals surface area contributed by atoms with Gasteiger partial charge in [0.1, 0.15) is 24.4 Å². The quantitative estimate of drug-likeness (QED) is 0.244. The lowest BCUT2D eigenvalue weighted by Crippen LogP contribution is -2.55. The highest BCUT2D eigenvalue weighted by molar-refractivity contribution is 4.86. The first kappa shape index (κ1) is 26.9. The van der Waals surface area contributed by atoms with Crippen molar-refractivity contribution in [2.45, 2.75) is 120 Å². The molecule has 9 heteroatoms. The van der Waals surface area contributed by atoms with Crippen LogP contribution in [0.25, 0.3) is 0 Å². The van der Waals surface area contributed by atoms with E-state index in [4.69, 9.17) is 18.9 Å². The molecule has 9 nitrogen and oxygen atoms in total. The van der Waals surface area contributed by atoms with Crippen molar-refractivity contribution in [2.75, 3.05) is 19.8 Å². The zero-order valence-corrected chi connectivity index (χ0v) is 18.7. The lowest BCUT2D eigenvalue weighted by atomic mass is 10.0. The van der Waals surface area contributed by atoms with Gasteiger partial charge in [0.05, 0.1) is 25.4 Å². The second-order valence-electron chi connectivity index (χ2n) is 8.64. The number of hydrogen-bond acceptors (Lipinski definition) is 9. The van der Waals surface area contributed by atoms with E-state index in [2.05, 4.69) is 6.92 Å². The Hall–Kier alpha value is -0.360. The predicted octanol–water partition coefficient (Wildman–Crippen LogP) is 0.826. The molecule has 0 aromatic carbocycles. The van der Waals surface area contributed by atoms with Gasteiger partial charge in [-0.15, -0.1) is 0 Å². The fraction of sp³-hybridized carbons (Fsp3) is 1.00. The van der Waals surface area contributed by atoms with Gasteiger partial charge in [-0.2, -0.15) is 0 Å². The average Bonchev–Trinajstić information content (AvgIpc) is 2.75. The topological polar surface area (TPSA) is 138 Å². The summed E-state index contributed by atoms with van der Waals surface area (Å²) in [6, 6.07) is 0. The summed E-state index contributed by atoms with van der Waals surface area (Å²) in [5, 5.41) is 49.3. The molecule has 2 saturated heterocycles. The normalized spacial score (nSPS) is 36.6. The van der Waals surface area contributed by atoms with Crippen LogP contribution in [0.4, 0.5) is 0 Å². The van der Waals surface area contributed by atoms with Crippen molar-refractivity contribution >= 4 is 0 Å². The van der Waals surface area contributed by atoms with Gasteiger partial charge in [-0.05, 0) is 6.42 Å². The van der Waals surface area contributed by atoms with Crippen LogP contribution < -0.4 is 0 Å². The summed E-state index contributed by atoms with van der Waals surface area (Å²) < 4.78 is 22.6. The standard InChI is InChI=1S/C22H42O9/c1-2-3-4-5-6-7-8-9-10-28-21-17(27)12-18(20(14-24)31-21)29-22-16(26)11-15(25)19(13-23)30-22/h15-27H,2-14H2,1H3/t15?,16-,17-,18?,19?,20?,21?,22?/m0/s1. The monoisotopic (exact) mass is 450 g/mol. The summed E-state index contributed by atoms with van der Waals surface area (Å²) in [7, 11) is 0. The van der Waals surface area contributed by atoms with E-state index in [1.807, 2.05) is 0 Å². The molecule has 31 heavy (non-hydrogen) atoms. The van der Waals surface area contributed by atoms with Crippen LogP contribution in [0.5, 0.6) is 0 Å². The summed E-state index contributed by atoms with van der Waals surface area (Å²) in [4.78, 5) is 0. The van der Waals surface area contributed by atoms with Crippen LogP contribution in [-0.4, -0.2) is 94.6 Å². The van der Waals surface area contributed by atoms with E-state index in [9.17, 15) is 25.5 Å². The van der Waals surface area contributed by atoms with Gasteiger partial charge in [0, 0.05) is 19.4 Å². The van der Waals surface area contributed by atoms with Crippen molar-refractivity contribution in [3.05, 3.63) is 0 Å². The molecule has 0 radical (unpaired) electrons. The van der Waals surface area contributed by atoms with E-state index < -0.39 is 55.8 Å². The third kappa shape index (κ3) is 8.83. The Balaban J connectivity index is 1.70. The van der Waals surface area contributed by atoms with Crippen molar-refractivity contribution in [1.29, 1.82) is 0 Å². The fourth-order valence-corrected chi connectivity index (χ4v) is 4.06. The van der Waals surface area contributed by atoms with E-state index in [0.717, 1.165) is 12.8 Å².